The maximum absolute atomic E-state index is 13.7. The highest BCUT2D eigenvalue weighted by Crippen LogP contribution is 2.34. The van der Waals surface area contributed by atoms with Gasteiger partial charge in [0.25, 0.3) is 5.91 Å². The van der Waals surface area contributed by atoms with Gasteiger partial charge in [-0.15, -0.1) is 0 Å². The number of likely N-dealkylation sites (tertiary alicyclic amines) is 2. The number of halogens is 2. The fourth-order valence-electron chi connectivity index (χ4n) is 5.11. The zero-order valence-electron chi connectivity index (χ0n) is 18.8. The minimum Gasteiger partial charge on any atom is -0.338 e. The quantitative estimate of drug-likeness (QED) is 0.537. The molecule has 0 N–H and O–H groups in total. The molecule has 2 fully saturated rings. The van der Waals surface area contributed by atoms with Crippen LogP contribution in [0.15, 0.2) is 54.7 Å². The second kappa shape index (κ2) is 9.27. The van der Waals surface area contributed by atoms with Gasteiger partial charge in [0, 0.05) is 29.9 Å². The first-order valence-corrected chi connectivity index (χ1v) is 11.9. The molecule has 1 atom stereocenters. The number of carbonyl (C=O) groups is 1. The van der Waals surface area contributed by atoms with Crippen molar-refractivity contribution in [2.24, 2.45) is 0 Å². The van der Waals surface area contributed by atoms with Crippen LogP contribution in [0.25, 0.3) is 5.69 Å². The van der Waals surface area contributed by atoms with Gasteiger partial charge in [0.1, 0.15) is 5.82 Å². The smallest absolute Gasteiger partial charge is 0.257 e. The summed E-state index contributed by atoms with van der Waals surface area (Å²) in [5.41, 5.74) is 3.69. The van der Waals surface area contributed by atoms with Crippen molar-refractivity contribution in [1.29, 1.82) is 0 Å². The van der Waals surface area contributed by atoms with E-state index in [9.17, 15) is 9.18 Å². The molecule has 2 aliphatic rings. The molecule has 0 saturated carbocycles. The average Bonchev–Trinajstić information content (AvgIpc) is 3.48. The zero-order valence-corrected chi connectivity index (χ0v) is 19.5. The van der Waals surface area contributed by atoms with E-state index in [0.29, 0.717) is 23.7 Å². The first-order valence-electron chi connectivity index (χ1n) is 11.6. The van der Waals surface area contributed by atoms with E-state index in [-0.39, 0.29) is 23.6 Å². The number of hydrogen-bond donors (Lipinski definition) is 0. The number of piperidine rings is 1. The van der Waals surface area contributed by atoms with Gasteiger partial charge < -0.3 is 9.80 Å². The third-order valence-corrected chi connectivity index (χ3v) is 7.28. The van der Waals surface area contributed by atoms with Gasteiger partial charge in [-0.1, -0.05) is 23.7 Å². The molecule has 7 heteroatoms. The van der Waals surface area contributed by atoms with Crippen LogP contribution in [0.3, 0.4) is 0 Å². The molecule has 1 aromatic heterocycles. The van der Waals surface area contributed by atoms with E-state index in [2.05, 4.69) is 17.0 Å². The molecule has 0 aliphatic carbocycles. The van der Waals surface area contributed by atoms with E-state index in [0.717, 1.165) is 49.3 Å². The number of nitrogens with zero attached hydrogens (tertiary/aromatic N) is 4. The first-order chi connectivity index (χ1) is 16.0. The molecule has 5 nitrogen and oxygen atoms in total. The summed E-state index contributed by atoms with van der Waals surface area (Å²) in [7, 11) is 2.14. The van der Waals surface area contributed by atoms with Gasteiger partial charge in [-0.05, 0) is 81.4 Å². The molecule has 1 unspecified atom stereocenters. The van der Waals surface area contributed by atoms with E-state index in [1.54, 1.807) is 6.20 Å². The van der Waals surface area contributed by atoms with Crippen LogP contribution < -0.4 is 0 Å². The summed E-state index contributed by atoms with van der Waals surface area (Å²) >= 11 is 6.10. The third-order valence-electron chi connectivity index (χ3n) is 7.03. The molecule has 2 aliphatic heterocycles. The summed E-state index contributed by atoms with van der Waals surface area (Å²) in [5.74, 6) is 0.303. The van der Waals surface area contributed by atoms with Crippen LogP contribution in [0, 0.1) is 5.82 Å². The minimum atomic E-state index is -0.234. The number of aromatic nitrogens is 2. The second-order valence-electron chi connectivity index (χ2n) is 9.20. The molecule has 2 aromatic carbocycles. The number of amides is 1. The molecule has 0 radical (unpaired) electrons. The van der Waals surface area contributed by atoms with E-state index >= 15 is 0 Å². The Bertz CT molecular complexity index is 1120. The summed E-state index contributed by atoms with van der Waals surface area (Å²) < 4.78 is 15.2. The van der Waals surface area contributed by atoms with Crippen molar-refractivity contribution >= 4 is 17.5 Å². The Balaban J connectivity index is 1.44. The van der Waals surface area contributed by atoms with Crippen LogP contribution in [0.2, 0.25) is 5.02 Å². The molecule has 2 saturated heterocycles. The van der Waals surface area contributed by atoms with Crippen LogP contribution >= 0.6 is 11.6 Å². The topological polar surface area (TPSA) is 41.4 Å². The highest BCUT2D eigenvalue weighted by atomic mass is 35.5. The Morgan fingerprint density at radius 3 is 2.33 bits per heavy atom. The highest BCUT2D eigenvalue weighted by molar-refractivity contribution is 6.30. The minimum absolute atomic E-state index is 0.0359. The van der Waals surface area contributed by atoms with Crippen LogP contribution in [-0.2, 0) is 0 Å². The lowest BCUT2D eigenvalue weighted by atomic mass is 9.91. The molecule has 0 bridgehead atoms. The van der Waals surface area contributed by atoms with Gasteiger partial charge >= 0.3 is 0 Å². The number of hydrogen-bond acceptors (Lipinski definition) is 3. The van der Waals surface area contributed by atoms with Crippen molar-refractivity contribution in [2.75, 3.05) is 33.2 Å². The summed E-state index contributed by atoms with van der Waals surface area (Å²) in [6.45, 7) is 3.34. The van der Waals surface area contributed by atoms with Crippen molar-refractivity contribution in [3.63, 3.8) is 0 Å². The predicted molar refractivity (Wildman–Crippen MR) is 128 cm³/mol. The number of benzene rings is 2. The maximum atomic E-state index is 13.7. The van der Waals surface area contributed by atoms with Gasteiger partial charge in [0.2, 0.25) is 0 Å². The lowest BCUT2D eigenvalue weighted by Gasteiger charge is -2.30. The fourth-order valence-corrected chi connectivity index (χ4v) is 5.23. The summed E-state index contributed by atoms with van der Waals surface area (Å²) in [6.07, 6.45) is 4.60. The largest absolute Gasteiger partial charge is 0.338 e. The average molecular weight is 467 g/mol. The van der Waals surface area contributed by atoms with Gasteiger partial charge in [-0.2, -0.15) is 5.10 Å². The monoisotopic (exact) mass is 466 g/mol. The highest BCUT2D eigenvalue weighted by Gasteiger charge is 2.33. The van der Waals surface area contributed by atoms with Crippen molar-refractivity contribution in [3.05, 3.63) is 82.4 Å². The molecule has 0 spiro atoms. The van der Waals surface area contributed by atoms with Gasteiger partial charge in [-0.3, -0.25) is 4.79 Å². The molecule has 3 aromatic rings. The Kier molecular flexibility index (Phi) is 6.21. The number of rotatable bonds is 4. The molecule has 5 rings (SSSR count). The number of carbonyl (C=O) groups excluding carboxylic acids is 1. The molecule has 33 heavy (non-hydrogen) atoms. The zero-order chi connectivity index (χ0) is 22.9. The molecule has 172 valence electrons. The molecular formula is C26H28ClFN4O. The van der Waals surface area contributed by atoms with Crippen LogP contribution in [0.1, 0.15) is 52.7 Å². The van der Waals surface area contributed by atoms with Gasteiger partial charge in [-0.25, -0.2) is 9.07 Å². The summed E-state index contributed by atoms with van der Waals surface area (Å²) in [5, 5.41) is 5.33. The normalized spacial score (nSPS) is 19.8. The SMILES string of the molecule is CN1CCC(c2c(C(=O)N3CCC(c4ccc(F)cc4)C3)cnn2-c2ccc(Cl)cc2)CC1. The van der Waals surface area contributed by atoms with Crippen LogP contribution in [0.5, 0.6) is 0 Å². The molecule has 3 heterocycles. The van der Waals surface area contributed by atoms with E-state index < -0.39 is 0 Å². The van der Waals surface area contributed by atoms with Crippen molar-refractivity contribution in [3.8, 4) is 5.69 Å². The Hall–Kier alpha value is -2.70. The second-order valence-corrected chi connectivity index (χ2v) is 9.63. The lowest BCUT2D eigenvalue weighted by molar-refractivity contribution is 0.0788. The lowest BCUT2D eigenvalue weighted by Crippen LogP contribution is -2.33. The summed E-state index contributed by atoms with van der Waals surface area (Å²) in [4.78, 5) is 17.9. The third kappa shape index (κ3) is 4.55. The standard InChI is InChI=1S/C26H28ClFN4O/c1-30-13-10-19(11-14-30)25-24(16-29-32(25)23-8-4-21(27)5-9-23)26(33)31-15-12-20(17-31)18-2-6-22(28)7-3-18/h2-9,16,19-20H,10-15,17H2,1H3. The van der Waals surface area contributed by atoms with Crippen molar-refractivity contribution < 1.29 is 9.18 Å². The molecule has 1 amide bonds. The van der Waals surface area contributed by atoms with Crippen molar-refractivity contribution in [1.82, 2.24) is 19.6 Å². The Morgan fingerprint density at radius 2 is 1.64 bits per heavy atom. The summed E-state index contributed by atoms with van der Waals surface area (Å²) in [6, 6.07) is 14.2. The Morgan fingerprint density at radius 1 is 0.970 bits per heavy atom. The van der Waals surface area contributed by atoms with E-state index in [1.807, 2.05) is 46.0 Å². The van der Waals surface area contributed by atoms with Gasteiger partial charge in [0.05, 0.1) is 23.1 Å². The first kappa shape index (κ1) is 22.1. The van der Waals surface area contributed by atoms with E-state index in [1.165, 1.54) is 12.1 Å². The fraction of sp³-hybridized carbons (Fsp3) is 0.385. The predicted octanol–water partition coefficient (Wildman–Crippen LogP) is 5.10. The Labute approximate surface area is 198 Å². The van der Waals surface area contributed by atoms with Gasteiger partial charge in [0.15, 0.2) is 0 Å². The molecular weight excluding hydrogens is 439 g/mol. The van der Waals surface area contributed by atoms with Crippen LogP contribution in [-0.4, -0.2) is 58.7 Å². The van der Waals surface area contributed by atoms with Crippen molar-refractivity contribution in [2.45, 2.75) is 31.1 Å². The maximum Gasteiger partial charge on any atom is 0.257 e. The van der Waals surface area contributed by atoms with E-state index in [4.69, 9.17) is 11.6 Å². The van der Waals surface area contributed by atoms with Crippen LogP contribution in [0.4, 0.5) is 4.39 Å².